The fourth-order valence-corrected chi connectivity index (χ4v) is 4.87. The van der Waals surface area contributed by atoms with E-state index in [1.807, 2.05) is 18.2 Å². The summed E-state index contributed by atoms with van der Waals surface area (Å²) >= 11 is 0. The van der Waals surface area contributed by atoms with Gasteiger partial charge in [-0.15, -0.1) is 0 Å². The second-order valence-electron chi connectivity index (χ2n) is 6.52. The number of aryl methyl sites for hydroxylation is 1. The summed E-state index contributed by atoms with van der Waals surface area (Å²) < 4.78 is 23.5. The van der Waals surface area contributed by atoms with Gasteiger partial charge in [0.15, 0.2) is 9.84 Å². The van der Waals surface area contributed by atoms with Crippen molar-refractivity contribution in [2.45, 2.75) is 55.6 Å². The lowest BCUT2D eigenvalue weighted by Gasteiger charge is -2.26. The lowest BCUT2D eigenvalue weighted by atomic mass is 10.1. The first-order valence-electron chi connectivity index (χ1n) is 7.46. The first kappa shape index (κ1) is 14.6. The fourth-order valence-electron chi connectivity index (χ4n) is 2.96. The number of hydrogen-bond acceptors (Lipinski definition) is 3. The molecule has 0 aliphatic heterocycles. The Kier molecular flexibility index (Phi) is 3.35. The van der Waals surface area contributed by atoms with Crippen LogP contribution in [0.5, 0.6) is 0 Å². The van der Waals surface area contributed by atoms with Gasteiger partial charge in [0.25, 0.3) is 0 Å². The molecular formula is C16H21NO3S. The van der Waals surface area contributed by atoms with Crippen molar-refractivity contribution in [2.24, 2.45) is 0 Å². The SMILES string of the molecule is CC(C)(C(=O)N[C@@H]1CCc2ccccc21)S(=O)(=O)C1CC1. The topological polar surface area (TPSA) is 63.2 Å². The summed E-state index contributed by atoms with van der Waals surface area (Å²) in [6.07, 6.45) is 3.14. The molecule has 3 rings (SSSR count). The molecule has 4 nitrogen and oxygen atoms in total. The van der Waals surface area contributed by atoms with Crippen LogP contribution in [0.3, 0.4) is 0 Å². The van der Waals surface area contributed by atoms with Gasteiger partial charge >= 0.3 is 0 Å². The highest BCUT2D eigenvalue weighted by atomic mass is 32.2. The monoisotopic (exact) mass is 307 g/mol. The Morgan fingerprint density at radius 1 is 1.19 bits per heavy atom. The van der Waals surface area contributed by atoms with Gasteiger partial charge in [-0.05, 0) is 50.7 Å². The standard InChI is InChI=1S/C16H21NO3S/c1-16(2,21(19,20)12-8-9-12)15(18)17-14-10-7-11-5-3-4-6-13(11)14/h3-6,12,14H,7-10H2,1-2H3,(H,17,18)/t14-/m1/s1. The molecule has 0 bridgehead atoms. The summed E-state index contributed by atoms with van der Waals surface area (Å²) in [6.45, 7) is 3.05. The predicted molar refractivity (Wildman–Crippen MR) is 81.7 cm³/mol. The van der Waals surface area contributed by atoms with Gasteiger partial charge in [-0.1, -0.05) is 24.3 Å². The summed E-state index contributed by atoms with van der Waals surface area (Å²) in [5, 5.41) is 2.62. The Morgan fingerprint density at radius 2 is 1.86 bits per heavy atom. The Hall–Kier alpha value is -1.36. The maximum atomic E-state index is 12.5. The zero-order chi connectivity index (χ0) is 15.3. The molecular weight excluding hydrogens is 286 g/mol. The van der Waals surface area contributed by atoms with E-state index in [1.165, 1.54) is 19.4 Å². The molecule has 0 heterocycles. The number of amides is 1. The maximum Gasteiger partial charge on any atom is 0.241 e. The molecule has 1 saturated carbocycles. The number of hydrogen-bond donors (Lipinski definition) is 1. The van der Waals surface area contributed by atoms with Gasteiger partial charge in [0.1, 0.15) is 4.75 Å². The summed E-state index contributed by atoms with van der Waals surface area (Å²) in [7, 11) is -3.40. The van der Waals surface area contributed by atoms with E-state index in [4.69, 9.17) is 0 Å². The second-order valence-corrected chi connectivity index (χ2v) is 9.30. The van der Waals surface area contributed by atoms with Crippen LogP contribution in [0.15, 0.2) is 24.3 Å². The molecule has 2 aliphatic carbocycles. The molecule has 1 aromatic rings. The molecule has 1 amide bonds. The van der Waals surface area contributed by atoms with Crippen molar-refractivity contribution < 1.29 is 13.2 Å². The third-order valence-electron chi connectivity index (χ3n) is 4.66. The third kappa shape index (κ3) is 2.37. The van der Waals surface area contributed by atoms with E-state index in [1.54, 1.807) is 0 Å². The van der Waals surface area contributed by atoms with E-state index >= 15 is 0 Å². The van der Waals surface area contributed by atoms with Crippen molar-refractivity contribution in [3.63, 3.8) is 0 Å². The van der Waals surface area contributed by atoms with Crippen molar-refractivity contribution >= 4 is 15.7 Å². The average Bonchev–Trinajstić information content (AvgIpc) is 3.23. The van der Waals surface area contributed by atoms with E-state index in [9.17, 15) is 13.2 Å². The van der Waals surface area contributed by atoms with Crippen LogP contribution in [0.2, 0.25) is 0 Å². The number of nitrogens with one attached hydrogen (secondary N) is 1. The number of rotatable bonds is 4. The number of carbonyl (C=O) groups is 1. The first-order chi connectivity index (χ1) is 9.84. The molecule has 0 radical (unpaired) electrons. The fraction of sp³-hybridized carbons (Fsp3) is 0.562. The number of carbonyl (C=O) groups excluding carboxylic acids is 1. The second kappa shape index (κ2) is 4.83. The number of fused-ring (bicyclic) bond motifs is 1. The summed E-state index contributed by atoms with van der Waals surface area (Å²) in [4.78, 5) is 12.5. The van der Waals surface area contributed by atoms with Gasteiger partial charge in [0.2, 0.25) is 5.91 Å². The molecule has 0 aromatic heterocycles. The highest BCUT2D eigenvalue weighted by molar-refractivity contribution is 7.94. The van der Waals surface area contributed by atoms with Gasteiger partial charge in [0, 0.05) is 0 Å². The Labute approximate surface area is 125 Å². The largest absolute Gasteiger partial charge is 0.348 e. The molecule has 114 valence electrons. The van der Waals surface area contributed by atoms with Crippen molar-refractivity contribution in [3.8, 4) is 0 Å². The number of sulfone groups is 1. The van der Waals surface area contributed by atoms with Crippen LogP contribution in [0.1, 0.15) is 50.3 Å². The number of benzene rings is 1. The summed E-state index contributed by atoms with van der Waals surface area (Å²) in [6, 6.07) is 7.95. The Bertz CT molecular complexity index is 675. The normalized spacial score (nSPS) is 21.9. The molecule has 1 N–H and O–H groups in total. The van der Waals surface area contributed by atoms with Crippen molar-refractivity contribution in [3.05, 3.63) is 35.4 Å². The van der Waals surface area contributed by atoms with E-state index in [2.05, 4.69) is 11.4 Å². The third-order valence-corrected chi connectivity index (χ3v) is 7.62. The molecule has 21 heavy (non-hydrogen) atoms. The summed E-state index contributed by atoms with van der Waals surface area (Å²) in [5.41, 5.74) is 2.36. The zero-order valence-corrected chi connectivity index (χ0v) is 13.2. The smallest absolute Gasteiger partial charge is 0.241 e. The quantitative estimate of drug-likeness (QED) is 0.927. The van der Waals surface area contributed by atoms with Crippen LogP contribution >= 0.6 is 0 Å². The van der Waals surface area contributed by atoms with Crippen LogP contribution < -0.4 is 5.32 Å². The Morgan fingerprint density at radius 3 is 2.52 bits per heavy atom. The van der Waals surface area contributed by atoms with Crippen molar-refractivity contribution in [1.82, 2.24) is 5.32 Å². The van der Waals surface area contributed by atoms with Crippen molar-refractivity contribution in [2.75, 3.05) is 0 Å². The minimum absolute atomic E-state index is 0.0672. The molecule has 1 atom stereocenters. The van der Waals surface area contributed by atoms with Gasteiger partial charge in [-0.2, -0.15) is 0 Å². The first-order valence-corrected chi connectivity index (χ1v) is 9.01. The minimum atomic E-state index is -3.40. The average molecular weight is 307 g/mol. The van der Waals surface area contributed by atoms with Crippen LogP contribution in [-0.4, -0.2) is 24.3 Å². The highest BCUT2D eigenvalue weighted by Gasteiger charge is 2.50. The van der Waals surface area contributed by atoms with Crippen LogP contribution in [-0.2, 0) is 21.1 Å². The molecule has 2 aliphatic rings. The van der Waals surface area contributed by atoms with Crippen molar-refractivity contribution in [1.29, 1.82) is 0 Å². The van der Waals surface area contributed by atoms with E-state index in [0.717, 1.165) is 18.4 Å². The molecule has 0 saturated heterocycles. The van der Waals surface area contributed by atoms with E-state index in [-0.39, 0.29) is 17.2 Å². The molecule has 0 spiro atoms. The van der Waals surface area contributed by atoms with Gasteiger partial charge in [0.05, 0.1) is 11.3 Å². The lowest BCUT2D eigenvalue weighted by Crippen LogP contribution is -2.50. The van der Waals surface area contributed by atoms with E-state index < -0.39 is 14.6 Å². The van der Waals surface area contributed by atoms with Crippen LogP contribution in [0.4, 0.5) is 0 Å². The molecule has 1 aromatic carbocycles. The zero-order valence-electron chi connectivity index (χ0n) is 12.4. The predicted octanol–water partition coefficient (Wildman–Crippen LogP) is 2.15. The van der Waals surface area contributed by atoms with Gasteiger partial charge in [-0.25, -0.2) is 8.42 Å². The van der Waals surface area contributed by atoms with Gasteiger partial charge < -0.3 is 5.32 Å². The van der Waals surface area contributed by atoms with Crippen LogP contribution in [0, 0.1) is 0 Å². The van der Waals surface area contributed by atoms with Gasteiger partial charge in [-0.3, -0.25) is 4.79 Å². The molecule has 5 heteroatoms. The Balaban J connectivity index is 1.78. The molecule has 0 unspecified atom stereocenters. The summed E-state index contributed by atoms with van der Waals surface area (Å²) in [5.74, 6) is -0.379. The van der Waals surface area contributed by atoms with E-state index in [0.29, 0.717) is 12.8 Å². The maximum absolute atomic E-state index is 12.5. The molecule has 1 fully saturated rings. The van der Waals surface area contributed by atoms with Crippen LogP contribution in [0.25, 0.3) is 0 Å². The highest BCUT2D eigenvalue weighted by Crippen LogP contribution is 2.37. The lowest BCUT2D eigenvalue weighted by molar-refractivity contribution is -0.123. The minimum Gasteiger partial charge on any atom is -0.348 e.